The minimum absolute atomic E-state index is 0.0273. The van der Waals surface area contributed by atoms with Gasteiger partial charge in [-0.05, 0) is 46.0 Å². The van der Waals surface area contributed by atoms with Gasteiger partial charge in [0.2, 0.25) is 0 Å². The molecule has 0 spiro atoms. The summed E-state index contributed by atoms with van der Waals surface area (Å²) in [6.07, 6.45) is 27.7. The topological polar surface area (TPSA) is 108 Å². The fourth-order valence-electron chi connectivity index (χ4n) is 5.02. The number of carbonyl (C=O) groups is 3. The fourth-order valence-corrected chi connectivity index (χ4v) is 5.02. The quantitative estimate of drug-likeness (QED) is 0.0417. The smallest absolute Gasteiger partial charge is 0.326 e. The molecule has 0 saturated heterocycles. The highest BCUT2D eigenvalue weighted by Gasteiger charge is 2.30. The van der Waals surface area contributed by atoms with Crippen LogP contribution in [0, 0.1) is 0 Å². The van der Waals surface area contributed by atoms with Crippen LogP contribution in [0.15, 0.2) is 0 Å². The molecule has 0 amide bonds. The molecule has 0 bridgehead atoms. The van der Waals surface area contributed by atoms with Crippen molar-refractivity contribution < 1.29 is 38.4 Å². The molecule has 8 nitrogen and oxygen atoms in total. The molecule has 280 valence electrons. The highest BCUT2D eigenvalue weighted by molar-refractivity contribution is 5.69. The maximum Gasteiger partial charge on any atom is 0.326 e. The summed E-state index contributed by atoms with van der Waals surface area (Å²) >= 11 is 0. The van der Waals surface area contributed by atoms with Crippen molar-refractivity contribution >= 4 is 17.9 Å². The fraction of sp³-hybridized carbons (Fsp3) is 0.923. The van der Waals surface area contributed by atoms with Crippen molar-refractivity contribution in [2.45, 2.75) is 221 Å². The van der Waals surface area contributed by atoms with Gasteiger partial charge in [-0.2, -0.15) is 0 Å². The summed E-state index contributed by atoms with van der Waals surface area (Å²) in [5, 5.41) is 8.57. The second-order valence-corrected chi connectivity index (χ2v) is 13.3. The lowest BCUT2D eigenvalue weighted by Crippen LogP contribution is -2.38. The molecule has 0 aromatic rings. The Morgan fingerprint density at radius 1 is 0.511 bits per heavy atom. The molecule has 0 aliphatic carbocycles. The number of carbonyl (C=O) groups excluding carboxylic acids is 2. The Bertz CT molecular complexity index is 699. The zero-order valence-electron chi connectivity index (χ0n) is 31.7. The zero-order chi connectivity index (χ0) is 35.4. The zero-order valence-corrected chi connectivity index (χ0v) is 31.7. The Balaban J connectivity index is 0. The van der Waals surface area contributed by atoms with E-state index in [0.717, 1.165) is 70.6 Å². The van der Waals surface area contributed by atoms with Gasteiger partial charge in [0, 0.05) is 26.2 Å². The van der Waals surface area contributed by atoms with E-state index in [4.69, 9.17) is 24.1 Å². The highest BCUT2D eigenvalue weighted by Crippen LogP contribution is 2.19. The first-order valence-electron chi connectivity index (χ1n) is 19.5. The number of unbranched alkanes of at least 4 members (excludes halogenated alkanes) is 19. The molecule has 0 aromatic carbocycles. The molecular formula is C39H76O8. The second-order valence-electron chi connectivity index (χ2n) is 13.3. The monoisotopic (exact) mass is 673 g/mol. The predicted octanol–water partition coefficient (Wildman–Crippen LogP) is 11.5. The average Bonchev–Trinajstić information content (AvgIpc) is 3.01. The Labute approximate surface area is 289 Å². The molecular weight excluding hydrogens is 596 g/mol. The van der Waals surface area contributed by atoms with Crippen molar-refractivity contribution in [1.82, 2.24) is 0 Å². The SMILES string of the molecule is CCCCCCCCCCCCCCCC(=O)OC(C)C.CCCCOC(C)(OCCCC)OC(=O)CCCCCCCCC(=O)O. The molecule has 1 N–H and O–H groups in total. The minimum atomic E-state index is -1.29. The third kappa shape index (κ3) is 38.7. The summed E-state index contributed by atoms with van der Waals surface area (Å²) in [6.45, 7) is 12.9. The van der Waals surface area contributed by atoms with Gasteiger partial charge in [0.1, 0.15) is 0 Å². The van der Waals surface area contributed by atoms with E-state index in [2.05, 4.69) is 20.8 Å². The van der Waals surface area contributed by atoms with Crippen molar-refractivity contribution in [3.8, 4) is 0 Å². The third-order valence-electron chi connectivity index (χ3n) is 7.90. The van der Waals surface area contributed by atoms with Crippen LogP contribution in [0.3, 0.4) is 0 Å². The first kappa shape index (κ1) is 47.4. The standard InChI is InChI=1S/C20H38O6.C19H38O2/c1-4-6-16-24-20(3,25-17-7-5-2)26-19(23)15-13-11-9-8-10-12-14-18(21)22;1-4-5-6-7-8-9-10-11-12-13-14-15-16-17-19(20)21-18(2)3/h4-17H2,1-3H3,(H,21,22);18H,4-17H2,1-3H3. The maximum atomic E-state index is 12.1. The Hall–Kier alpha value is -1.67. The van der Waals surface area contributed by atoms with Crippen molar-refractivity contribution in [3.05, 3.63) is 0 Å². The van der Waals surface area contributed by atoms with Crippen LogP contribution in [0.2, 0.25) is 0 Å². The molecule has 0 fully saturated rings. The lowest BCUT2D eigenvalue weighted by molar-refractivity contribution is -0.352. The van der Waals surface area contributed by atoms with Gasteiger partial charge in [-0.25, -0.2) is 0 Å². The van der Waals surface area contributed by atoms with E-state index in [0.29, 0.717) is 26.1 Å². The van der Waals surface area contributed by atoms with E-state index in [1.165, 1.54) is 77.0 Å². The van der Waals surface area contributed by atoms with E-state index < -0.39 is 11.9 Å². The molecule has 0 atom stereocenters. The summed E-state index contributed by atoms with van der Waals surface area (Å²) in [6, 6.07) is 0. The van der Waals surface area contributed by atoms with E-state index in [1.807, 2.05) is 13.8 Å². The van der Waals surface area contributed by atoms with Crippen molar-refractivity contribution in [1.29, 1.82) is 0 Å². The lowest BCUT2D eigenvalue weighted by atomic mass is 10.0. The van der Waals surface area contributed by atoms with Crippen LogP contribution in [0.4, 0.5) is 0 Å². The molecule has 47 heavy (non-hydrogen) atoms. The predicted molar refractivity (Wildman–Crippen MR) is 192 cm³/mol. The van der Waals surface area contributed by atoms with Crippen LogP contribution in [0.25, 0.3) is 0 Å². The lowest BCUT2D eigenvalue weighted by Gasteiger charge is -2.29. The molecule has 0 aromatic heterocycles. The van der Waals surface area contributed by atoms with Crippen LogP contribution >= 0.6 is 0 Å². The van der Waals surface area contributed by atoms with Gasteiger partial charge in [0.05, 0.1) is 19.3 Å². The summed E-state index contributed by atoms with van der Waals surface area (Å²) in [5.74, 6) is -2.37. The molecule has 0 saturated carbocycles. The van der Waals surface area contributed by atoms with Gasteiger partial charge in [0.15, 0.2) is 0 Å². The summed E-state index contributed by atoms with van der Waals surface area (Å²) in [5.41, 5.74) is 0. The van der Waals surface area contributed by atoms with Crippen LogP contribution in [-0.4, -0.2) is 48.3 Å². The van der Waals surface area contributed by atoms with Crippen molar-refractivity contribution in [3.63, 3.8) is 0 Å². The number of carboxylic acids is 1. The minimum Gasteiger partial charge on any atom is -0.481 e. The molecule has 0 aliphatic heterocycles. The van der Waals surface area contributed by atoms with Gasteiger partial charge in [-0.1, -0.05) is 136 Å². The number of esters is 2. The molecule has 0 aliphatic rings. The first-order valence-corrected chi connectivity index (χ1v) is 19.5. The van der Waals surface area contributed by atoms with E-state index >= 15 is 0 Å². The number of ether oxygens (including phenoxy) is 4. The highest BCUT2D eigenvalue weighted by atomic mass is 16.9. The van der Waals surface area contributed by atoms with Gasteiger partial charge < -0.3 is 24.1 Å². The maximum absolute atomic E-state index is 12.1. The largest absolute Gasteiger partial charge is 0.481 e. The van der Waals surface area contributed by atoms with Crippen molar-refractivity contribution in [2.75, 3.05) is 13.2 Å². The first-order chi connectivity index (χ1) is 22.6. The normalized spacial score (nSPS) is 11.3. The molecule has 8 heteroatoms. The second kappa shape index (κ2) is 35.6. The Kier molecular flexibility index (Phi) is 36.0. The number of carboxylic acid groups (broad SMARTS) is 1. The molecule has 0 heterocycles. The van der Waals surface area contributed by atoms with E-state index in [9.17, 15) is 14.4 Å². The summed E-state index contributed by atoms with van der Waals surface area (Å²) < 4.78 is 21.9. The number of aliphatic carboxylic acids is 1. The van der Waals surface area contributed by atoms with Crippen LogP contribution in [0.5, 0.6) is 0 Å². The van der Waals surface area contributed by atoms with E-state index in [-0.39, 0.29) is 24.5 Å². The Morgan fingerprint density at radius 3 is 1.21 bits per heavy atom. The molecule has 0 rings (SSSR count). The number of hydrogen-bond donors (Lipinski definition) is 1. The number of rotatable bonds is 33. The van der Waals surface area contributed by atoms with Gasteiger partial charge in [0.25, 0.3) is 0 Å². The van der Waals surface area contributed by atoms with Gasteiger partial charge >= 0.3 is 23.9 Å². The number of hydrogen-bond acceptors (Lipinski definition) is 7. The molecule has 0 unspecified atom stereocenters. The van der Waals surface area contributed by atoms with Crippen LogP contribution < -0.4 is 0 Å². The van der Waals surface area contributed by atoms with Crippen molar-refractivity contribution in [2.24, 2.45) is 0 Å². The third-order valence-corrected chi connectivity index (χ3v) is 7.90. The summed E-state index contributed by atoms with van der Waals surface area (Å²) in [7, 11) is 0. The van der Waals surface area contributed by atoms with Crippen LogP contribution in [-0.2, 0) is 33.3 Å². The Morgan fingerprint density at radius 2 is 0.851 bits per heavy atom. The summed E-state index contributed by atoms with van der Waals surface area (Å²) in [4.78, 5) is 33.8. The van der Waals surface area contributed by atoms with Crippen LogP contribution in [0.1, 0.15) is 208 Å². The van der Waals surface area contributed by atoms with Gasteiger partial charge in [-0.3, -0.25) is 14.4 Å². The average molecular weight is 673 g/mol. The molecule has 0 radical (unpaired) electrons. The van der Waals surface area contributed by atoms with Gasteiger partial charge in [-0.15, -0.1) is 0 Å². The van der Waals surface area contributed by atoms with E-state index in [1.54, 1.807) is 6.92 Å².